The molecule has 0 radical (unpaired) electrons. The summed E-state index contributed by atoms with van der Waals surface area (Å²) in [6.45, 7) is 7.13. The first-order chi connectivity index (χ1) is 14.4. The molecule has 1 aromatic carbocycles. The lowest BCUT2D eigenvalue weighted by Gasteiger charge is -2.36. The van der Waals surface area contributed by atoms with Crippen LogP contribution in [0.25, 0.3) is 0 Å². The van der Waals surface area contributed by atoms with Gasteiger partial charge in [0.15, 0.2) is 0 Å². The smallest absolute Gasteiger partial charge is 0.339 e. The molecule has 2 heterocycles. The van der Waals surface area contributed by atoms with Crippen molar-refractivity contribution in [2.75, 3.05) is 6.61 Å². The number of hydrogen-bond acceptors (Lipinski definition) is 7. The van der Waals surface area contributed by atoms with E-state index in [0.717, 1.165) is 5.56 Å². The zero-order chi connectivity index (χ0) is 23.0. The van der Waals surface area contributed by atoms with E-state index in [0.29, 0.717) is 22.6 Å². The van der Waals surface area contributed by atoms with Crippen LogP contribution >= 0.6 is 0 Å². The second kappa shape index (κ2) is 8.39. The highest BCUT2D eigenvalue weighted by Crippen LogP contribution is 2.43. The first-order valence-corrected chi connectivity index (χ1v) is 11.3. The molecule has 1 aliphatic heterocycles. The minimum atomic E-state index is -4.36. The average molecular weight is 448 g/mol. The Morgan fingerprint density at radius 3 is 2.55 bits per heavy atom. The number of ketones is 1. The van der Waals surface area contributed by atoms with Gasteiger partial charge in [0, 0.05) is 18.2 Å². The predicted octanol–water partition coefficient (Wildman–Crippen LogP) is 3.25. The molecule has 0 bridgehead atoms. The number of carbonyl (C=O) groups excluding carboxylic acids is 2. The standard InChI is InChI=1S/C22H25NO7S/c1-5-29-21(25)15-6-8-17(23-12-15)20(13(2)24)14-7-9-18-16(10-14)22(3,4)11-19(30-18)31(26,27)28/h6-10,12,19-20H,5,11H2,1-4H3,(H,26,27,28). The van der Waals surface area contributed by atoms with Gasteiger partial charge in [0.05, 0.1) is 23.8 Å². The summed E-state index contributed by atoms with van der Waals surface area (Å²) in [5.41, 5.74) is 0.215. The van der Waals surface area contributed by atoms with Gasteiger partial charge in [-0.25, -0.2) is 4.79 Å². The summed E-state index contributed by atoms with van der Waals surface area (Å²) in [5, 5.41) is 0. The topological polar surface area (TPSA) is 120 Å². The molecule has 0 saturated carbocycles. The Labute approximate surface area is 181 Å². The molecule has 0 fully saturated rings. The number of aromatic nitrogens is 1. The molecule has 3 rings (SSSR count). The lowest BCUT2D eigenvalue weighted by atomic mass is 9.77. The van der Waals surface area contributed by atoms with Crippen molar-refractivity contribution in [1.29, 1.82) is 0 Å². The fourth-order valence-electron chi connectivity index (χ4n) is 3.76. The normalized spacial score (nSPS) is 18.4. The van der Waals surface area contributed by atoms with Gasteiger partial charge in [0.25, 0.3) is 0 Å². The SMILES string of the molecule is CCOC(=O)c1ccc(C(C(C)=O)c2ccc3c(c2)C(C)(C)CC(S(=O)(=O)O)O3)nc1. The zero-order valence-electron chi connectivity index (χ0n) is 17.8. The van der Waals surface area contributed by atoms with E-state index in [2.05, 4.69) is 4.98 Å². The highest BCUT2D eigenvalue weighted by atomic mass is 32.2. The quantitative estimate of drug-likeness (QED) is 0.529. The number of esters is 1. The summed E-state index contributed by atoms with van der Waals surface area (Å²) < 4.78 is 43.1. The molecule has 2 aromatic rings. The summed E-state index contributed by atoms with van der Waals surface area (Å²) in [6.07, 6.45) is 1.45. The summed E-state index contributed by atoms with van der Waals surface area (Å²) in [4.78, 5) is 28.7. The average Bonchev–Trinajstić information content (AvgIpc) is 2.68. The number of fused-ring (bicyclic) bond motifs is 1. The van der Waals surface area contributed by atoms with Gasteiger partial charge in [0.2, 0.25) is 5.44 Å². The predicted molar refractivity (Wildman–Crippen MR) is 113 cm³/mol. The van der Waals surface area contributed by atoms with E-state index < -0.39 is 32.9 Å². The molecular formula is C22H25NO7S. The van der Waals surface area contributed by atoms with Crippen LogP contribution in [0, 0.1) is 0 Å². The number of carbonyl (C=O) groups is 2. The number of pyridine rings is 1. The first-order valence-electron chi connectivity index (χ1n) is 9.85. The van der Waals surface area contributed by atoms with Gasteiger partial charge in [-0.05, 0) is 43.0 Å². The molecule has 2 unspecified atom stereocenters. The van der Waals surface area contributed by atoms with E-state index in [9.17, 15) is 22.6 Å². The number of benzene rings is 1. The molecular weight excluding hydrogens is 422 g/mol. The van der Waals surface area contributed by atoms with Gasteiger partial charge < -0.3 is 9.47 Å². The molecule has 0 aliphatic carbocycles. The van der Waals surface area contributed by atoms with Crippen LogP contribution in [-0.2, 0) is 25.1 Å². The Morgan fingerprint density at radius 1 is 1.29 bits per heavy atom. The molecule has 1 N–H and O–H groups in total. The maximum Gasteiger partial charge on any atom is 0.339 e. The third kappa shape index (κ3) is 4.77. The van der Waals surface area contributed by atoms with Gasteiger partial charge in [-0.15, -0.1) is 0 Å². The summed E-state index contributed by atoms with van der Waals surface area (Å²) in [5.74, 6) is -0.948. The number of ether oxygens (including phenoxy) is 2. The van der Waals surface area contributed by atoms with E-state index in [4.69, 9.17) is 9.47 Å². The summed E-state index contributed by atoms with van der Waals surface area (Å²) in [7, 11) is -4.36. The Bertz CT molecular complexity index is 1110. The van der Waals surface area contributed by atoms with Crippen LogP contribution in [0.4, 0.5) is 0 Å². The third-order valence-electron chi connectivity index (χ3n) is 5.33. The number of nitrogens with zero attached hydrogens (tertiary/aromatic N) is 1. The monoisotopic (exact) mass is 447 g/mol. The fourth-order valence-corrected chi connectivity index (χ4v) is 4.61. The maximum atomic E-state index is 12.5. The van der Waals surface area contributed by atoms with Crippen LogP contribution < -0.4 is 4.74 Å². The van der Waals surface area contributed by atoms with E-state index >= 15 is 0 Å². The molecule has 0 spiro atoms. The van der Waals surface area contributed by atoms with E-state index in [1.165, 1.54) is 13.1 Å². The number of rotatable bonds is 6. The minimum absolute atomic E-state index is 0.0690. The van der Waals surface area contributed by atoms with E-state index in [1.807, 2.05) is 19.9 Å². The van der Waals surface area contributed by atoms with Crippen molar-refractivity contribution < 1.29 is 32.0 Å². The molecule has 1 aromatic heterocycles. The van der Waals surface area contributed by atoms with Crippen molar-refractivity contribution in [3.05, 3.63) is 58.9 Å². The molecule has 0 amide bonds. The van der Waals surface area contributed by atoms with Gasteiger partial charge in [0.1, 0.15) is 11.5 Å². The third-order valence-corrected chi connectivity index (χ3v) is 6.26. The Morgan fingerprint density at radius 2 is 2.00 bits per heavy atom. The molecule has 166 valence electrons. The molecule has 9 heteroatoms. The van der Waals surface area contributed by atoms with Gasteiger partial charge >= 0.3 is 16.1 Å². The molecule has 2 atom stereocenters. The molecule has 1 aliphatic rings. The van der Waals surface area contributed by atoms with Gasteiger partial charge in [-0.2, -0.15) is 8.42 Å². The Kier molecular flexibility index (Phi) is 6.20. The van der Waals surface area contributed by atoms with Crippen molar-refractivity contribution in [3.8, 4) is 5.75 Å². The van der Waals surface area contributed by atoms with Crippen LogP contribution in [-0.4, -0.2) is 41.7 Å². The minimum Gasteiger partial charge on any atom is -0.472 e. The molecule has 0 saturated heterocycles. The van der Waals surface area contributed by atoms with Crippen LogP contribution in [0.3, 0.4) is 0 Å². The summed E-state index contributed by atoms with van der Waals surface area (Å²) >= 11 is 0. The lowest BCUT2D eigenvalue weighted by Crippen LogP contribution is -2.39. The molecule has 31 heavy (non-hydrogen) atoms. The van der Waals surface area contributed by atoms with E-state index in [-0.39, 0.29) is 18.8 Å². The molecule has 8 nitrogen and oxygen atoms in total. The number of hydrogen-bond donors (Lipinski definition) is 1. The highest BCUT2D eigenvalue weighted by Gasteiger charge is 2.40. The van der Waals surface area contributed by atoms with Gasteiger partial charge in [-0.3, -0.25) is 14.3 Å². The lowest BCUT2D eigenvalue weighted by molar-refractivity contribution is -0.117. The van der Waals surface area contributed by atoms with Crippen molar-refractivity contribution in [1.82, 2.24) is 4.98 Å². The Hall–Kier alpha value is -2.78. The largest absolute Gasteiger partial charge is 0.472 e. The fraction of sp³-hybridized carbons (Fsp3) is 0.409. The number of Topliss-reactive ketones (excluding diaryl/α,β-unsaturated/α-hetero) is 1. The van der Waals surface area contributed by atoms with E-state index in [1.54, 1.807) is 31.2 Å². The van der Waals surface area contributed by atoms with Crippen LogP contribution in [0.5, 0.6) is 5.75 Å². The second-order valence-corrected chi connectivity index (χ2v) is 9.70. The summed E-state index contributed by atoms with van der Waals surface area (Å²) in [6, 6.07) is 8.27. The zero-order valence-corrected chi connectivity index (χ0v) is 18.6. The maximum absolute atomic E-state index is 12.5. The van der Waals surface area contributed by atoms with Crippen LogP contribution in [0.15, 0.2) is 36.5 Å². The van der Waals surface area contributed by atoms with Crippen molar-refractivity contribution >= 4 is 21.9 Å². The van der Waals surface area contributed by atoms with Crippen molar-refractivity contribution in [2.45, 2.75) is 50.9 Å². The van der Waals surface area contributed by atoms with Crippen molar-refractivity contribution in [3.63, 3.8) is 0 Å². The highest BCUT2D eigenvalue weighted by molar-refractivity contribution is 7.86. The Balaban J connectivity index is 1.99. The first kappa shape index (κ1) is 22.9. The van der Waals surface area contributed by atoms with Crippen LogP contribution in [0.1, 0.15) is 67.2 Å². The van der Waals surface area contributed by atoms with Crippen LogP contribution in [0.2, 0.25) is 0 Å². The van der Waals surface area contributed by atoms with Crippen molar-refractivity contribution in [2.24, 2.45) is 0 Å². The van der Waals surface area contributed by atoms with Gasteiger partial charge in [-0.1, -0.05) is 26.0 Å². The second-order valence-electron chi connectivity index (χ2n) is 8.14.